The van der Waals surface area contributed by atoms with Crippen molar-refractivity contribution in [3.8, 4) is 0 Å². The van der Waals surface area contributed by atoms with Crippen LogP contribution in [0.5, 0.6) is 0 Å². The van der Waals surface area contributed by atoms with Crippen LogP contribution in [-0.4, -0.2) is 27.9 Å². The minimum absolute atomic E-state index is 0.431. The van der Waals surface area contributed by atoms with E-state index in [0.717, 1.165) is 22.9 Å². The van der Waals surface area contributed by atoms with E-state index in [2.05, 4.69) is 21.3 Å². The Hall–Kier alpha value is -1.06. The van der Waals surface area contributed by atoms with E-state index in [9.17, 15) is 0 Å². The second-order valence-corrected chi connectivity index (χ2v) is 4.77. The topological polar surface area (TPSA) is 20.5 Å². The minimum Gasteiger partial charge on any atom is -0.301 e. The first-order valence-electron chi connectivity index (χ1n) is 5.59. The van der Waals surface area contributed by atoms with E-state index < -0.39 is 0 Å². The highest BCUT2D eigenvalue weighted by molar-refractivity contribution is 6.33. The summed E-state index contributed by atoms with van der Waals surface area (Å²) in [6.45, 7) is 1.15. The van der Waals surface area contributed by atoms with E-state index in [1.54, 1.807) is 0 Å². The van der Waals surface area contributed by atoms with Gasteiger partial charge in [-0.25, -0.2) is 4.98 Å². The molecule has 0 aromatic carbocycles. The third-order valence-corrected chi connectivity index (χ3v) is 3.69. The number of nitrogens with zero attached hydrogens (tertiary/aromatic N) is 3. The molecule has 1 saturated heterocycles. The molecule has 16 heavy (non-hydrogen) atoms. The number of pyridine rings is 1. The van der Waals surface area contributed by atoms with Crippen LogP contribution in [0.2, 0.25) is 5.02 Å². The lowest BCUT2D eigenvalue weighted by atomic mass is 10.2. The summed E-state index contributed by atoms with van der Waals surface area (Å²) in [6, 6.07) is 4.30. The van der Waals surface area contributed by atoms with Crippen molar-refractivity contribution >= 4 is 17.1 Å². The maximum absolute atomic E-state index is 6.14. The van der Waals surface area contributed by atoms with Crippen molar-refractivity contribution in [1.82, 2.24) is 14.3 Å². The van der Waals surface area contributed by atoms with Gasteiger partial charge >= 0.3 is 0 Å². The fourth-order valence-electron chi connectivity index (χ4n) is 2.49. The number of aromatic nitrogens is 2. The SMILES string of the molecule is CN1CCC[C@H]1c1ncc2c(Cl)cccn12. The second kappa shape index (κ2) is 3.75. The van der Waals surface area contributed by atoms with E-state index in [0.29, 0.717) is 6.04 Å². The second-order valence-electron chi connectivity index (χ2n) is 4.37. The predicted molar refractivity (Wildman–Crippen MR) is 64.8 cm³/mol. The molecule has 3 heterocycles. The molecule has 1 atom stereocenters. The van der Waals surface area contributed by atoms with E-state index in [-0.39, 0.29) is 0 Å². The molecule has 0 N–H and O–H groups in total. The molecule has 2 aromatic heterocycles. The Morgan fingerprint density at radius 3 is 3.12 bits per heavy atom. The minimum atomic E-state index is 0.431. The number of hydrogen-bond acceptors (Lipinski definition) is 2. The molecular formula is C12H14ClN3. The molecule has 1 fully saturated rings. The summed E-state index contributed by atoms with van der Waals surface area (Å²) in [4.78, 5) is 6.88. The average molecular weight is 236 g/mol. The number of rotatable bonds is 1. The summed E-state index contributed by atoms with van der Waals surface area (Å²) in [5.41, 5.74) is 1.000. The average Bonchev–Trinajstić information content (AvgIpc) is 2.84. The van der Waals surface area contributed by atoms with Gasteiger partial charge in [0.05, 0.1) is 22.8 Å². The zero-order chi connectivity index (χ0) is 11.1. The molecule has 0 amide bonds. The predicted octanol–water partition coefficient (Wildman–Crippen LogP) is 2.75. The van der Waals surface area contributed by atoms with Crippen LogP contribution >= 0.6 is 11.6 Å². The third-order valence-electron chi connectivity index (χ3n) is 3.37. The molecule has 4 heteroatoms. The molecule has 3 rings (SSSR count). The highest BCUT2D eigenvalue weighted by Gasteiger charge is 2.26. The lowest BCUT2D eigenvalue weighted by Gasteiger charge is -2.18. The van der Waals surface area contributed by atoms with Gasteiger partial charge in [-0.3, -0.25) is 4.90 Å². The Balaban J connectivity index is 2.14. The summed E-state index contributed by atoms with van der Waals surface area (Å²) >= 11 is 6.14. The van der Waals surface area contributed by atoms with Gasteiger partial charge in [0, 0.05) is 6.20 Å². The monoisotopic (exact) mass is 235 g/mol. The van der Waals surface area contributed by atoms with Gasteiger partial charge in [0.2, 0.25) is 0 Å². The summed E-state index contributed by atoms with van der Waals surface area (Å²) in [5, 5.41) is 0.766. The summed E-state index contributed by atoms with van der Waals surface area (Å²) in [6.07, 6.45) is 6.33. The van der Waals surface area contributed by atoms with Crippen LogP contribution < -0.4 is 0 Å². The highest BCUT2D eigenvalue weighted by Crippen LogP contribution is 2.30. The van der Waals surface area contributed by atoms with Crippen molar-refractivity contribution in [1.29, 1.82) is 0 Å². The summed E-state index contributed by atoms with van der Waals surface area (Å²) in [5.74, 6) is 1.11. The first-order chi connectivity index (χ1) is 7.77. The molecular weight excluding hydrogens is 222 g/mol. The Morgan fingerprint density at radius 1 is 1.50 bits per heavy atom. The van der Waals surface area contributed by atoms with Crippen LogP contribution in [0.4, 0.5) is 0 Å². The standard InChI is InChI=1S/C12H14ClN3/c1-15-6-3-5-10(15)12-14-8-11-9(13)4-2-7-16(11)12/h2,4,7-8,10H,3,5-6H2,1H3/t10-/m0/s1. The molecule has 0 bridgehead atoms. The van der Waals surface area contributed by atoms with Gasteiger partial charge in [0.15, 0.2) is 0 Å². The van der Waals surface area contributed by atoms with E-state index in [1.807, 2.05) is 24.5 Å². The fraction of sp³-hybridized carbons (Fsp3) is 0.417. The van der Waals surface area contributed by atoms with Gasteiger partial charge in [-0.1, -0.05) is 11.6 Å². The van der Waals surface area contributed by atoms with Crippen LogP contribution in [0.1, 0.15) is 24.7 Å². The van der Waals surface area contributed by atoms with Crippen LogP contribution in [0, 0.1) is 0 Å². The Kier molecular flexibility index (Phi) is 2.37. The summed E-state index contributed by atoms with van der Waals surface area (Å²) < 4.78 is 2.11. The molecule has 0 unspecified atom stereocenters. The number of fused-ring (bicyclic) bond motifs is 1. The molecule has 0 aliphatic carbocycles. The van der Waals surface area contributed by atoms with Gasteiger partial charge in [-0.2, -0.15) is 0 Å². The molecule has 2 aromatic rings. The Morgan fingerprint density at radius 2 is 2.38 bits per heavy atom. The quantitative estimate of drug-likeness (QED) is 0.758. The first kappa shape index (κ1) is 10.1. The normalized spacial score (nSPS) is 22.0. The molecule has 1 aliphatic heterocycles. The number of halogens is 1. The van der Waals surface area contributed by atoms with Crippen molar-refractivity contribution in [2.24, 2.45) is 0 Å². The van der Waals surface area contributed by atoms with E-state index in [4.69, 9.17) is 11.6 Å². The molecule has 3 nitrogen and oxygen atoms in total. The van der Waals surface area contributed by atoms with Crippen molar-refractivity contribution in [2.75, 3.05) is 13.6 Å². The van der Waals surface area contributed by atoms with Crippen LogP contribution in [0.15, 0.2) is 24.5 Å². The maximum atomic E-state index is 6.14. The fourth-order valence-corrected chi connectivity index (χ4v) is 2.70. The van der Waals surface area contributed by atoms with Gasteiger partial charge in [0.25, 0.3) is 0 Å². The van der Waals surface area contributed by atoms with Crippen LogP contribution in [-0.2, 0) is 0 Å². The van der Waals surface area contributed by atoms with Crippen molar-refractivity contribution < 1.29 is 0 Å². The van der Waals surface area contributed by atoms with E-state index >= 15 is 0 Å². The zero-order valence-corrected chi connectivity index (χ0v) is 9.98. The Bertz CT molecular complexity index is 520. The summed E-state index contributed by atoms with van der Waals surface area (Å²) in [7, 11) is 2.16. The number of hydrogen-bond donors (Lipinski definition) is 0. The highest BCUT2D eigenvalue weighted by atomic mass is 35.5. The molecule has 84 valence electrons. The van der Waals surface area contributed by atoms with Gasteiger partial charge in [-0.05, 0) is 38.6 Å². The molecule has 0 radical (unpaired) electrons. The third kappa shape index (κ3) is 1.43. The maximum Gasteiger partial charge on any atom is 0.130 e. The van der Waals surface area contributed by atoms with Crippen LogP contribution in [0.3, 0.4) is 0 Å². The van der Waals surface area contributed by atoms with Crippen LogP contribution in [0.25, 0.3) is 5.52 Å². The van der Waals surface area contributed by atoms with Gasteiger partial charge < -0.3 is 4.40 Å². The number of likely N-dealkylation sites (tertiary alicyclic amines) is 1. The lowest BCUT2D eigenvalue weighted by molar-refractivity contribution is 0.305. The van der Waals surface area contributed by atoms with Gasteiger partial charge in [0.1, 0.15) is 5.82 Å². The largest absolute Gasteiger partial charge is 0.301 e. The van der Waals surface area contributed by atoms with Gasteiger partial charge in [-0.15, -0.1) is 0 Å². The van der Waals surface area contributed by atoms with E-state index in [1.165, 1.54) is 12.8 Å². The molecule has 0 spiro atoms. The zero-order valence-electron chi connectivity index (χ0n) is 9.23. The smallest absolute Gasteiger partial charge is 0.130 e. The van der Waals surface area contributed by atoms with Crippen molar-refractivity contribution in [2.45, 2.75) is 18.9 Å². The lowest BCUT2D eigenvalue weighted by Crippen LogP contribution is -2.19. The molecule has 1 aliphatic rings. The first-order valence-corrected chi connectivity index (χ1v) is 5.97. The number of imidazole rings is 1. The molecule has 0 saturated carbocycles. The van der Waals surface area contributed by atoms with Crippen molar-refractivity contribution in [3.63, 3.8) is 0 Å². The van der Waals surface area contributed by atoms with Crippen molar-refractivity contribution in [3.05, 3.63) is 35.4 Å². The Labute approximate surface area is 99.7 Å².